The number of benzene rings is 5. The van der Waals surface area contributed by atoms with E-state index in [9.17, 15) is 0 Å². The van der Waals surface area contributed by atoms with E-state index in [1.807, 2.05) is 0 Å². The molecule has 1 aliphatic carbocycles. The fraction of sp³-hybridized carbons (Fsp3) is 0.0488. The minimum absolute atomic E-state index is 0.999. The van der Waals surface area contributed by atoms with Crippen molar-refractivity contribution in [2.24, 2.45) is 0 Å². The molecular weight excluding hydrogens is 549 g/mol. The smallest absolute Gasteiger partial charge is 0.179 e. The van der Waals surface area contributed by atoms with Gasteiger partial charge in [0.15, 0.2) is 8.07 Å². The SMILES string of the molecule is C1=CCCC([Si](c2ccccc2)(c2ccc(-c3ccccc3)nc2)c2cccc3c4ccccc4n(-c4ccccc4)c23)=C1. The van der Waals surface area contributed by atoms with Gasteiger partial charge in [0, 0.05) is 28.2 Å². The lowest BCUT2D eigenvalue weighted by molar-refractivity contribution is 1.01. The molecule has 0 fully saturated rings. The van der Waals surface area contributed by atoms with E-state index < -0.39 is 8.07 Å². The number of fused-ring (bicyclic) bond motifs is 3. The van der Waals surface area contributed by atoms with Crippen molar-refractivity contribution < 1.29 is 0 Å². The van der Waals surface area contributed by atoms with Crippen molar-refractivity contribution >= 4 is 45.4 Å². The summed E-state index contributed by atoms with van der Waals surface area (Å²) in [4.78, 5) is 5.15. The Morgan fingerprint density at radius 3 is 2.02 bits per heavy atom. The fourth-order valence-electron chi connectivity index (χ4n) is 7.19. The molecule has 3 heteroatoms. The van der Waals surface area contributed by atoms with E-state index in [1.54, 1.807) is 0 Å². The summed E-state index contributed by atoms with van der Waals surface area (Å²) in [6.45, 7) is 0. The predicted molar refractivity (Wildman–Crippen MR) is 188 cm³/mol. The van der Waals surface area contributed by atoms with Crippen molar-refractivity contribution in [3.05, 3.63) is 175 Å². The lowest BCUT2D eigenvalue weighted by Crippen LogP contribution is -2.69. The molecular formula is C41H32N2Si. The van der Waals surface area contributed by atoms with Crippen LogP contribution in [0.1, 0.15) is 12.8 Å². The normalized spacial score (nSPS) is 14.4. The van der Waals surface area contributed by atoms with Gasteiger partial charge in [-0.05, 0) is 52.7 Å². The summed E-state index contributed by atoms with van der Waals surface area (Å²) in [6.07, 6.45) is 11.2. The Labute approximate surface area is 259 Å². The predicted octanol–water partition coefficient (Wildman–Crippen LogP) is 8.13. The van der Waals surface area contributed by atoms with Crippen LogP contribution in [0.15, 0.2) is 175 Å². The molecule has 210 valence electrons. The number of aromatic nitrogens is 2. The minimum Gasteiger partial charge on any atom is -0.309 e. The average molecular weight is 581 g/mol. The van der Waals surface area contributed by atoms with Crippen LogP contribution in [0.2, 0.25) is 0 Å². The molecule has 1 atom stereocenters. The van der Waals surface area contributed by atoms with Gasteiger partial charge in [0.1, 0.15) is 0 Å². The first-order valence-electron chi connectivity index (χ1n) is 15.4. The Hall–Kier alpha value is -5.25. The van der Waals surface area contributed by atoms with Gasteiger partial charge in [0.05, 0.1) is 16.7 Å². The first-order chi connectivity index (χ1) is 21.9. The Balaban J connectivity index is 1.52. The second-order valence-corrected chi connectivity index (χ2v) is 15.3. The zero-order valence-corrected chi connectivity index (χ0v) is 25.5. The summed E-state index contributed by atoms with van der Waals surface area (Å²) in [5.74, 6) is 0. The highest BCUT2D eigenvalue weighted by Gasteiger charge is 2.45. The van der Waals surface area contributed by atoms with Crippen LogP contribution < -0.4 is 15.6 Å². The van der Waals surface area contributed by atoms with Gasteiger partial charge in [0.25, 0.3) is 0 Å². The number of para-hydroxylation sites is 3. The number of nitrogens with zero attached hydrogens (tertiary/aromatic N) is 2. The van der Waals surface area contributed by atoms with E-state index in [0.717, 1.165) is 24.1 Å². The first kappa shape index (κ1) is 26.4. The third-order valence-electron chi connectivity index (χ3n) is 9.08. The molecule has 44 heavy (non-hydrogen) atoms. The lowest BCUT2D eigenvalue weighted by Gasteiger charge is -2.37. The molecule has 0 saturated heterocycles. The molecule has 2 aromatic heterocycles. The Morgan fingerprint density at radius 2 is 1.30 bits per heavy atom. The fourth-order valence-corrected chi connectivity index (χ4v) is 12.3. The number of hydrogen-bond acceptors (Lipinski definition) is 1. The highest BCUT2D eigenvalue weighted by Crippen LogP contribution is 2.34. The van der Waals surface area contributed by atoms with Crippen molar-refractivity contribution in [1.82, 2.24) is 9.55 Å². The van der Waals surface area contributed by atoms with E-state index in [-0.39, 0.29) is 0 Å². The second-order valence-electron chi connectivity index (χ2n) is 11.5. The van der Waals surface area contributed by atoms with Crippen molar-refractivity contribution in [2.75, 3.05) is 0 Å². The Morgan fingerprint density at radius 1 is 0.591 bits per heavy atom. The van der Waals surface area contributed by atoms with Crippen LogP contribution >= 0.6 is 0 Å². The molecule has 5 aromatic carbocycles. The number of allylic oxidation sites excluding steroid dienone is 4. The van der Waals surface area contributed by atoms with E-state index in [1.165, 1.54) is 48.2 Å². The molecule has 0 radical (unpaired) electrons. The number of pyridine rings is 1. The molecule has 0 aliphatic heterocycles. The highest BCUT2D eigenvalue weighted by atomic mass is 28.3. The Kier molecular flexibility index (Phi) is 6.66. The zero-order valence-electron chi connectivity index (χ0n) is 24.5. The maximum atomic E-state index is 5.15. The second kappa shape index (κ2) is 11.1. The van der Waals surface area contributed by atoms with Gasteiger partial charge in [-0.1, -0.05) is 145 Å². The molecule has 0 N–H and O–H groups in total. The molecule has 2 nitrogen and oxygen atoms in total. The first-order valence-corrected chi connectivity index (χ1v) is 17.4. The topological polar surface area (TPSA) is 17.8 Å². The van der Waals surface area contributed by atoms with Gasteiger partial charge < -0.3 is 4.57 Å². The third-order valence-corrected chi connectivity index (χ3v) is 14.0. The van der Waals surface area contributed by atoms with Gasteiger partial charge in [-0.2, -0.15) is 0 Å². The molecule has 0 spiro atoms. The van der Waals surface area contributed by atoms with Crippen LogP contribution in [0.3, 0.4) is 0 Å². The molecule has 0 bridgehead atoms. The van der Waals surface area contributed by atoms with Crippen molar-refractivity contribution in [2.45, 2.75) is 12.8 Å². The maximum Gasteiger partial charge on any atom is 0.179 e. The van der Waals surface area contributed by atoms with E-state index in [4.69, 9.17) is 4.98 Å². The highest BCUT2D eigenvalue weighted by molar-refractivity contribution is 7.17. The van der Waals surface area contributed by atoms with Crippen molar-refractivity contribution in [1.29, 1.82) is 0 Å². The molecule has 0 amide bonds. The van der Waals surface area contributed by atoms with Crippen LogP contribution in [0, 0.1) is 0 Å². The van der Waals surface area contributed by atoms with E-state index >= 15 is 0 Å². The van der Waals surface area contributed by atoms with Crippen LogP contribution in [0.25, 0.3) is 38.8 Å². The van der Waals surface area contributed by atoms with Crippen LogP contribution in [0.4, 0.5) is 0 Å². The lowest BCUT2D eigenvalue weighted by atomic mass is 10.1. The van der Waals surface area contributed by atoms with Crippen LogP contribution in [0.5, 0.6) is 0 Å². The van der Waals surface area contributed by atoms with E-state index in [0.29, 0.717) is 0 Å². The maximum absolute atomic E-state index is 5.15. The summed E-state index contributed by atoms with van der Waals surface area (Å²) in [5, 5.41) is 8.17. The summed E-state index contributed by atoms with van der Waals surface area (Å²) in [5.41, 5.74) is 5.83. The van der Waals surface area contributed by atoms with Crippen molar-refractivity contribution in [3.8, 4) is 16.9 Å². The molecule has 1 aliphatic rings. The summed E-state index contributed by atoms with van der Waals surface area (Å²) in [7, 11) is -2.81. The third kappa shape index (κ3) is 4.20. The zero-order chi connectivity index (χ0) is 29.3. The van der Waals surface area contributed by atoms with E-state index in [2.05, 4.69) is 175 Å². The molecule has 8 rings (SSSR count). The molecule has 2 heterocycles. The summed E-state index contributed by atoms with van der Waals surface area (Å²) >= 11 is 0. The Bertz CT molecular complexity index is 2140. The number of hydrogen-bond donors (Lipinski definition) is 0. The summed E-state index contributed by atoms with van der Waals surface area (Å²) < 4.78 is 2.50. The van der Waals surface area contributed by atoms with Gasteiger partial charge in [-0.25, -0.2) is 0 Å². The van der Waals surface area contributed by atoms with Crippen LogP contribution in [-0.2, 0) is 0 Å². The largest absolute Gasteiger partial charge is 0.309 e. The molecule has 7 aromatic rings. The quantitative estimate of drug-likeness (QED) is 0.182. The van der Waals surface area contributed by atoms with Crippen molar-refractivity contribution in [3.63, 3.8) is 0 Å². The van der Waals surface area contributed by atoms with Gasteiger partial charge in [-0.3, -0.25) is 4.98 Å². The molecule has 1 unspecified atom stereocenters. The average Bonchev–Trinajstić information content (AvgIpc) is 3.46. The minimum atomic E-state index is -2.81. The summed E-state index contributed by atoms with van der Waals surface area (Å²) in [6, 6.07) is 53.0. The molecule has 0 saturated carbocycles. The van der Waals surface area contributed by atoms with Crippen LogP contribution in [-0.4, -0.2) is 17.6 Å². The van der Waals surface area contributed by atoms with Gasteiger partial charge in [0.2, 0.25) is 0 Å². The number of rotatable bonds is 6. The monoisotopic (exact) mass is 580 g/mol. The van der Waals surface area contributed by atoms with Gasteiger partial charge >= 0.3 is 0 Å². The van der Waals surface area contributed by atoms with Gasteiger partial charge in [-0.15, -0.1) is 0 Å². The standard InChI is InChI=1S/C41H32N2Si/c1-5-16-31(17-6-1)38-29-28-35(30-42-38)44(33-20-9-3-10-21-33,34-22-11-4-12-23-34)40-27-15-25-37-36-24-13-14-26-39(36)43(41(37)40)32-18-7-2-8-19-32/h1-11,13-22,24-30H,12,23H2.